The summed E-state index contributed by atoms with van der Waals surface area (Å²) in [5.41, 5.74) is 9.17. The van der Waals surface area contributed by atoms with Gasteiger partial charge in [0.15, 0.2) is 0 Å². The lowest BCUT2D eigenvalue weighted by atomic mass is 10.0. The van der Waals surface area contributed by atoms with Gasteiger partial charge in [-0.3, -0.25) is 9.48 Å². The Labute approximate surface area is 112 Å². The Kier molecular flexibility index (Phi) is 3.97. The van der Waals surface area contributed by atoms with Crippen LogP contribution < -0.4 is 11.1 Å². The number of benzene rings is 1. The SMILES string of the molecule is Cc1cc(C(N)=O)ccc1CNCc1cnn(C)c1. The topological polar surface area (TPSA) is 72.9 Å². The molecule has 19 heavy (non-hydrogen) atoms. The zero-order valence-electron chi connectivity index (χ0n) is 11.2. The average Bonchev–Trinajstić information content (AvgIpc) is 2.77. The summed E-state index contributed by atoms with van der Waals surface area (Å²) in [6.07, 6.45) is 3.83. The maximum absolute atomic E-state index is 11.1. The van der Waals surface area contributed by atoms with Gasteiger partial charge in [0.2, 0.25) is 5.91 Å². The summed E-state index contributed by atoms with van der Waals surface area (Å²) in [5.74, 6) is -0.391. The second kappa shape index (κ2) is 5.67. The molecule has 0 fully saturated rings. The van der Waals surface area contributed by atoms with Gasteiger partial charge in [-0.05, 0) is 30.2 Å². The number of rotatable bonds is 5. The number of nitrogens with zero attached hydrogens (tertiary/aromatic N) is 2. The van der Waals surface area contributed by atoms with Crippen molar-refractivity contribution < 1.29 is 4.79 Å². The molecule has 1 aromatic carbocycles. The van der Waals surface area contributed by atoms with Crippen molar-refractivity contribution in [1.29, 1.82) is 0 Å². The molecular formula is C14H18N4O. The minimum absolute atomic E-state index is 0.391. The molecule has 0 bridgehead atoms. The van der Waals surface area contributed by atoms with Gasteiger partial charge in [0.05, 0.1) is 6.20 Å². The van der Waals surface area contributed by atoms with Gasteiger partial charge in [0.1, 0.15) is 0 Å². The predicted octanol–water partition coefficient (Wildman–Crippen LogP) is 1.12. The number of carbonyl (C=O) groups excluding carboxylic acids is 1. The molecule has 0 radical (unpaired) electrons. The van der Waals surface area contributed by atoms with Crippen molar-refractivity contribution in [2.75, 3.05) is 0 Å². The molecule has 0 unspecified atom stereocenters. The van der Waals surface area contributed by atoms with E-state index in [2.05, 4.69) is 10.4 Å². The number of hydrogen-bond acceptors (Lipinski definition) is 3. The van der Waals surface area contributed by atoms with Crippen molar-refractivity contribution in [3.05, 3.63) is 52.8 Å². The number of nitrogens with one attached hydrogen (secondary N) is 1. The lowest BCUT2D eigenvalue weighted by Gasteiger charge is -2.08. The maximum Gasteiger partial charge on any atom is 0.248 e. The van der Waals surface area contributed by atoms with Crippen LogP contribution in [0.25, 0.3) is 0 Å². The molecule has 0 spiro atoms. The van der Waals surface area contributed by atoms with Gasteiger partial charge in [-0.25, -0.2) is 0 Å². The van der Waals surface area contributed by atoms with Crippen molar-refractivity contribution >= 4 is 5.91 Å². The van der Waals surface area contributed by atoms with E-state index >= 15 is 0 Å². The fourth-order valence-electron chi connectivity index (χ4n) is 1.95. The quantitative estimate of drug-likeness (QED) is 0.844. The number of carbonyl (C=O) groups is 1. The Morgan fingerprint density at radius 1 is 1.42 bits per heavy atom. The highest BCUT2D eigenvalue weighted by atomic mass is 16.1. The van der Waals surface area contributed by atoms with Gasteiger partial charge in [-0.2, -0.15) is 5.10 Å². The highest BCUT2D eigenvalue weighted by Gasteiger charge is 2.04. The van der Waals surface area contributed by atoms with Crippen molar-refractivity contribution in [2.45, 2.75) is 20.0 Å². The number of primary amides is 1. The highest BCUT2D eigenvalue weighted by molar-refractivity contribution is 5.93. The van der Waals surface area contributed by atoms with Crippen LogP contribution in [-0.2, 0) is 20.1 Å². The Morgan fingerprint density at radius 2 is 2.21 bits per heavy atom. The van der Waals surface area contributed by atoms with Crippen LogP contribution in [-0.4, -0.2) is 15.7 Å². The number of amides is 1. The van der Waals surface area contributed by atoms with E-state index in [9.17, 15) is 4.79 Å². The molecular weight excluding hydrogens is 240 g/mol. The maximum atomic E-state index is 11.1. The summed E-state index contributed by atoms with van der Waals surface area (Å²) in [5, 5.41) is 7.47. The first-order valence-corrected chi connectivity index (χ1v) is 6.14. The molecule has 3 N–H and O–H groups in total. The summed E-state index contributed by atoms with van der Waals surface area (Å²) in [7, 11) is 1.90. The molecule has 5 heteroatoms. The molecule has 0 aliphatic carbocycles. The molecule has 2 rings (SSSR count). The molecule has 0 aliphatic rings. The fourth-order valence-corrected chi connectivity index (χ4v) is 1.95. The van der Waals surface area contributed by atoms with Gasteiger partial charge >= 0.3 is 0 Å². The number of aryl methyl sites for hydroxylation is 2. The van der Waals surface area contributed by atoms with Gasteiger partial charge in [0, 0.05) is 37.5 Å². The zero-order chi connectivity index (χ0) is 13.8. The van der Waals surface area contributed by atoms with E-state index < -0.39 is 5.91 Å². The summed E-state index contributed by atoms with van der Waals surface area (Å²) < 4.78 is 1.78. The molecule has 1 amide bonds. The van der Waals surface area contributed by atoms with E-state index in [1.807, 2.05) is 38.5 Å². The van der Waals surface area contributed by atoms with Crippen molar-refractivity contribution in [2.24, 2.45) is 12.8 Å². The first-order valence-electron chi connectivity index (χ1n) is 6.14. The molecule has 2 aromatic rings. The van der Waals surface area contributed by atoms with Gasteiger partial charge in [0.25, 0.3) is 0 Å². The van der Waals surface area contributed by atoms with Crippen LogP contribution in [0.5, 0.6) is 0 Å². The van der Waals surface area contributed by atoms with Gasteiger partial charge in [-0.1, -0.05) is 6.07 Å². The van der Waals surface area contributed by atoms with E-state index in [0.29, 0.717) is 5.56 Å². The summed E-state index contributed by atoms with van der Waals surface area (Å²) in [6.45, 7) is 3.50. The fraction of sp³-hybridized carbons (Fsp3) is 0.286. The number of hydrogen-bond donors (Lipinski definition) is 2. The lowest BCUT2D eigenvalue weighted by Crippen LogP contribution is -2.15. The summed E-state index contributed by atoms with van der Waals surface area (Å²) >= 11 is 0. The number of aromatic nitrogens is 2. The Balaban J connectivity index is 1.94. The van der Waals surface area contributed by atoms with Crippen LogP contribution in [0.1, 0.15) is 27.0 Å². The number of nitrogens with two attached hydrogens (primary N) is 1. The van der Waals surface area contributed by atoms with Crippen LogP contribution in [0.3, 0.4) is 0 Å². The Hall–Kier alpha value is -2.14. The predicted molar refractivity (Wildman–Crippen MR) is 73.4 cm³/mol. The zero-order valence-corrected chi connectivity index (χ0v) is 11.2. The normalized spacial score (nSPS) is 10.6. The van der Waals surface area contributed by atoms with E-state index in [-0.39, 0.29) is 0 Å². The van der Waals surface area contributed by atoms with Crippen LogP contribution in [0.15, 0.2) is 30.6 Å². The van der Waals surface area contributed by atoms with Crippen molar-refractivity contribution in [1.82, 2.24) is 15.1 Å². The van der Waals surface area contributed by atoms with Crippen LogP contribution in [0, 0.1) is 6.92 Å². The summed E-state index contributed by atoms with van der Waals surface area (Å²) in [4.78, 5) is 11.1. The average molecular weight is 258 g/mol. The third kappa shape index (κ3) is 3.42. The first kappa shape index (κ1) is 13.3. The Bertz CT molecular complexity index is 589. The van der Waals surface area contributed by atoms with Crippen LogP contribution in [0.4, 0.5) is 0 Å². The van der Waals surface area contributed by atoms with Gasteiger partial charge in [-0.15, -0.1) is 0 Å². The molecule has 0 saturated heterocycles. The van der Waals surface area contributed by atoms with E-state index in [1.165, 1.54) is 0 Å². The Morgan fingerprint density at radius 3 is 2.79 bits per heavy atom. The molecule has 0 saturated carbocycles. The molecule has 100 valence electrons. The third-order valence-corrected chi connectivity index (χ3v) is 3.03. The monoisotopic (exact) mass is 258 g/mol. The largest absolute Gasteiger partial charge is 0.366 e. The first-order chi connectivity index (χ1) is 9.06. The van der Waals surface area contributed by atoms with E-state index in [4.69, 9.17) is 5.73 Å². The minimum Gasteiger partial charge on any atom is -0.366 e. The highest BCUT2D eigenvalue weighted by Crippen LogP contribution is 2.11. The van der Waals surface area contributed by atoms with Crippen LogP contribution >= 0.6 is 0 Å². The standard InChI is InChI=1S/C14H18N4O/c1-10-5-12(14(15)19)3-4-13(10)8-16-6-11-7-17-18(2)9-11/h3-5,7,9,16H,6,8H2,1-2H3,(H2,15,19). The van der Waals surface area contributed by atoms with Crippen molar-refractivity contribution in [3.8, 4) is 0 Å². The second-order valence-corrected chi connectivity index (χ2v) is 4.63. The molecule has 0 aliphatic heterocycles. The van der Waals surface area contributed by atoms with Crippen molar-refractivity contribution in [3.63, 3.8) is 0 Å². The van der Waals surface area contributed by atoms with Gasteiger partial charge < -0.3 is 11.1 Å². The third-order valence-electron chi connectivity index (χ3n) is 3.03. The smallest absolute Gasteiger partial charge is 0.248 e. The second-order valence-electron chi connectivity index (χ2n) is 4.63. The molecule has 0 atom stereocenters. The minimum atomic E-state index is -0.391. The molecule has 1 heterocycles. The lowest BCUT2D eigenvalue weighted by molar-refractivity contribution is 0.1000. The molecule has 1 aromatic heterocycles. The van der Waals surface area contributed by atoms with E-state index in [0.717, 1.165) is 29.8 Å². The van der Waals surface area contributed by atoms with E-state index in [1.54, 1.807) is 10.7 Å². The summed E-state index contributed by atoms with van der Waals surface area (Å²) in [6, 6.07) is 5.52. The molecule has 5 nitrogen and oxygen atoms in total. The van der Waals surface area contributed by atoms with Crippen LogP contribution in [0.2, 0.25) is 0 Å².